The maximum absolute atomic E-state index is 11.2. The van der Waals surface area contributed by atoms with Crippen LogP contribution < -0.4 is 0 Å². The first-order chi connectivity index (χ1) is 6.19. The molecule has 0 fully saturated rings. The molecule has 7 heteroatoms. The van der Waals surface area contributed by atoms with Gasteiger partial charge in [0, 0.05) is 0 Å². The van der Waals surface area contributed by atoms with Crippen molar-refractivity contribution in [3.63, 3.8) is 0 Å². The lowest BCUT2D eigenvalue weighted by Gasteiger charge is -1.90. The molecule has 1 aromatic heterocycles. The summed E-state index contributed by atoms with van der Waals surface area (Å²) in [5.41, 5.74) is 0. The van der Waals surface area contributed by atoms with Crippen LogP contribution in [0.3, 0.4) is 0 Å². The molecule has 0 atom stereocenters. The van der Waals surface area contributed by atoms with E-state index in [4.69, 9.17) is 10.5 Å². The summed E-state index contributed by atoms with van der Waals surface area (Å²) in [4.78, 5) is 12.3. The number of rotatable bonds is 2. The summed E-state index contributed by atoms with van der Waals surface area (Å²) in [5.74, 6) is -2.29. The van der Waals surface area contributed by atoms with Gasteiger partial charge in [0.2, 0.25) is 11.6 Å². The normalized spacial score (nSPS) is 9.23. The van der Waals surface area contributed by atoms with Crippen LogP contribution >= 0.6 is 0 Å². The zero-order valence-corrected chi connectivity index (χ0v) is 6.67. The molecular weight excluding hydrogens is 172 g/mol. The fourth-order valence-corrected chi connectivity index (χ4v) is 0.658. The highest BCUT2D eigenvalue weighted by atomic mass is 16.1. The van der Waals surface area contributed by atoms with Gasteiger partial charge in [-0.15, -0.1) is 10.2 Å². The number of Topliss-reactive ketones (excluding diaryl/α,β-unsaturated/α-hetero) is 1. The van der Waals surface area contributed by atoms with Crippen molar-refractivity contribution >= 4 is 5.78 Å². The first-order valence-corrected chi connectivity index (χ1v) is 3.26. The van der Waals surface area contributed by atoms with Gasteiger partial charge in [0.25, 0.3) is 0 Å². The van der Waals surface area contributed by atoms with Crippen LogP contribution in [0.4, 0.5) is 0 Å². The van der Waals surface area contributed by atoms with Crippen LogP contribution in [0.5, 0.6) is 0 Å². The fraction of sp³-hybridized carbons (Fsp3) is 0.333. The maximum atomic E-state index is 11.2. The summed E-state index contributed by atoms with van der Waals surface area (Å²) in [7, 11) is 1.48. The Morgan fingerprint density at radius 2 is 2.15 bits per heavy atom. The van der Waals surface area contributed by atoms with E-state index in [1.807, 2.05) is 0 Å². The summed E-state index contributed by atoms with van der Waals surface area (Å²) in [5, 5.41) is 27.1. The molecule has 1 heterocycles. The molecule has 7 nitrogen and oxygen atoms in total. The average molecular weight is 176 g/mol. The number of aryl methyl sites for hydroxylation is 1. The van der Waals surface area contributed by atoms with Gasteiger partial charge in [0.1, 0.15) is 0 Å². The van der Waals surface area contributed by atoms with Crippen LogP contribution in [0, 0.1) is 28.6 Å². The number of nitriles is 2. The lowest BCUT2D eigenvalue weighted by molar-refractivity contribution is 0.0960. The minimum Gasteiger partial charge on any atom is -0.288 e. The Labute approximate surface area is 73.2 Å². The molecule has 1 aromatic rings. The van der Waals surface area contributed by atoms with E-state index < -0.39 is 11.7 Å². The molecule has 0 aliphatic rings. The van der Waals surface area contributed by atoms with Gasteiger partial charge in [0.15, 0.2) is 5.92 Å². The SMILES string of the molecule is Cn1nnc(C(=O)C(C#N)C#N)n1. The fourth-order valence-electron chi connectivity index (χ4n) is 0.658. The second kappa shape index (κ2) is 3.41. The average Bonchev–Trinajstić information content (AvgIpc) is 2.54. The Balaban J connectivity index is 2.94. The van der Waals surface area contributed by atoms with Crippen LogP contribution in [0.1, 0.15) is 10.6 Å². The maximum Gasteiger partial charge on any atom is 0.242 e. The number of carbonyl (C=O) groups excluding carboxylic acids is 1. The van der Waals surface area contributed by atoms with E-state index in [9.17, 15) is 4.79 Å². The monoisotopic (exact) mass is 176 g/mol. The predicted octanol–water partition coefficient (Wildman–Crippen LogP) is -0.944. The van der Waals surface area contributed by atoms with Crippen molar-refractivity contribution in [3.05, 3.63) is 5.82 Å². The first-order valence-electron chi connectivity index (χ1n) is 3.26. The molecule has 1 rings (SSSR count). The lowest BCUT2D eigenvalue weighted by Crippen LogP contribution is -2.13. The van der Waals surface area contributed by atoms with Crippen molar-refractivity contribution in [1.29, 1.82) is 10.5 Å². The molecule has 0 radical (unpaired) electrons. The Morgan fingerprint density at radius 1 is 1.54 bits per heavy atom. The van der Waals surface area contributed by atoms with E-state index in [2.05, 4.69) is 15.4 Å². The smallest absolute Gasteiger partial charge is 0.242 e. The Kier molecular flexibility index (Phi) is 2.31. The zero-order chi connectivity index (χ0) is 9.84. The second-order valence-corrected chi connectivity index (χ2v) is 2.16. The third-order valence-electron chi connectivity index (χ3n) is 1.25. The molecular formula is C6H4N6O. The largest absolute Gasteiger partial charge is 0.288 e. The Morgan fingerprint density at radius 3 is 2.54 bits per heavy atom. The van der Waals surface area contributed by atoms with Gasteiger partial charge in [-0.3, -0.25) is 4.79 Å². The van der Waals surface area contributed by atoms with Gasteiger partial charge < -0.3 is 0 Å². The number of carbonyl (C=O) groups is 1. The molecule has 64 valence electrons. The van der Waals surface area contributed by atoms with E-state index in [0.717, 1.165) is 4.80 Å². The number of hydrogen-bond acceptors (Lipinski definition) is 6. The Bertz CT molecular complexity index is 393. The van der Waals surface area contributed by atoms with Crippen molar-refractivity contribution in [2.24, 2.45) is 13.0 Å². The minimum absolute atomic E-state index is 0.212. The van der Waals surface area contributed by atoms with Gasteiger partial charge in [0.05, 0.1) is 19.2 Å². The van der Waals surface area contributed by atoms with Crippen molar-refractivity contribution in [3.8, 4) is 12.1 Å². The number of nitrogens with zero attached hydrogens (tertiary/aromatic N) is 6. The van der Waals surface area contributed by atoms with Crippen LogP contribution in [0.15, 0.2) is 0 Å². The summed E-state index contributed by atoms with van der Waals surface area (Å²) in [6.45, 7) is 0. The highest BCUT2D eigenvalue weighted by Gasteiger charge is 2.23. The quantitative estimate of drug-likeness (QED) is 0.538. The van der Waals surface area contributed by atoms with E-state index in [1.165, 1.54) is 19.2 Å². The molecule has 0 aliphatic carbocycles. The summed E-state index contributed by atoms with van der Waals surface area (Å²) in [6.07, 6.45) is 0. The molecule has 0 saturated heterocycles. The van der Waals surface area contributed by atoms with Crippen LogP contribution in [0.2, 0.25) is 0 Å². The third-order valence-corrected chi connectivity index (χ3v) is 1.25. The topological polar surface area (TPSA) is 108 Å². The molecule has 0 aliphatic heterocycles. The van der Waals surface area contributed by atoms with Crippen LogP contribution in [-0.4, -0.2) is 26.0 Å². The number of hydrogen-bond donors (Lipinski definition) is 0. The zero-order valence-electron chi connectivity index (χ0n) is 6.67. The van der Waals surface area contributed by atoms with E-state index in [1.54, 1.807) is 0 Å². The summed E-state index contributed by atoms with van der Waals surface area (Å²) >= 11 is 0. The number of ketones is 1. The molecule has 0 amide bonds. The molecule has 0 unspecified atom stereocenters. The van der Waals surface area contributed by atoms with Crippen LogP contribution in [0.25, 0.3) is 0 Å². The summed E-state index contributed by atoms with van der Waals surface area (Å²) < 4.78 is 0. The van der Waals surface area contributed by atoms with Crippen molar-refractivity contribution in [2.45, 2.75) is 0 Å². The standard InChI is InChI=1S/C6H4N6O/c1-12-10-6(9-11-12)5(13)4(2-7)3-8/h4H,1H3. The van der Waals surface area contributed by atoms with Gasteiger partial charge in [-0.25, -0.2) is 0 Å². The molecule has 0 aromatic carbocycles. The van der Waals surface area contributed by atoms with Crippen molar-refractivity contribution < 1.29 is 4.79 Å². The highest BCUT2D eigenvalue weighted by Crippen LogP contribution is 2.00. The van der Waals surface area contributed by atoms with Gasteiger partial charge >= 0.3 is 0 Å². The van der Waals surface area contributed by atoms with Crippen LogP contribution in [-0.2, 0) is 7.05 Å². The molecule has 0 bridgehead atoms. The van der Waals surface area contributed by atoms with Gasteiger partial charge in [-0.2, -0.15) is 15.3 Å². The molecule has 0 saturated carbocycles. The summed E-state index contributed by atoms with van der Waals surface area (Å²) in [6, 6.07) is 3.06. The second-order valence-electron chi connectivity index (χ2n) is 2.16. The first kappa shape index (κ1) is 8.81. The predicted molar refractivity (Wildman–Crippen MR) is 37.8 cm³/mol. The van der Waals surface area contributed by atoms with Crippen molar-refractivity contribution in [1.82, 2.24) is 20.2 Å². The van der Waals surface area contributed by atoms with Gasteiger partial charge in [-0.1, -0.05) is 0 Å². The molecule has 0 spiro atoms. The minimum atomic E-state index is -1.36. The van der Waals surface area contributed by atoms with E-state index in [0.29, 0.717) is 0 Å². The highest BCUT2D eigenvalue weighted by molar-refractivity contribution is 5.97. The third kappa shape index (κ3) is 1.65. The Hall–Kier alpha value is -2.28. The number of aromatic nitrogens is 4. The number of tetrazole rings is 1. The molecule has 13 heavy (non-hydrogen) atoms. The van der Waals surface area contributed by atoms with Gasteiger partial charge in [-0.05, 0) is 5.21 Å². The lowest BCUT2D eigenvalue weighted by atomic mass is 10.1. The van der Waals surface area contributed by atoms with E-state index >= 15 is 0 Å². The van der Waals surface area contributed by atoms with Crippen molar-refractivity contribution in [2.75, 3.05) is 0 Å². The molecule has 0 N–H and O–H groups in total. The van der Waals surface area contributed by atoms with E-state index in [-0.39, 0.29) is 5.82 Å².